The van der Waals surface area contributed by atoms with Crippen LogP contribution in [0.25, 0.3) is 0 Å². The number of carboxylic acid groups (broad SMARTS) is 1. The average Bonchev–Trinajstić information content (AvgIpc) is 3.18. The number of carboxylic acids is 1. The van der Waals surface area contributed by atoms with Gasteiger partial charge >= 0.3 is 5.97 Å². The molecule has 25 heavy (non-hydrogen) atoms. The number of piperidine rings is 1. The van der Waals surface area contributed by atoms with Crippen molar-refractivity contribution in [3.8, 4) is 0 Å². The number of likely N-dealkylation sites (tertiary alicyclic amines) is 1. The second kappa shape index (κ2) is 7.73. The van der Waals surface area contributed by atoms with Crippen LogP contribution in [0.2, 0.25) is 4.34 Å². The number of halogens is 1. The highest BCUT2D eigenvalue weighted by atomic mass is 35.5. The molecule has 2 N–H and O–H groups in total. The Bertz CT molecular complexity index is 840. The molecule has 0 amide bonds. The molecular weight excluding hydrogens is 404 g/mol. The summed E-state index contributed by atoms with van der Waals surface area (Å²) in [6.07, 6.45) is 1.37. The van der Waals surface area contributed by atoms with Gasteiger partial charge in [-0.1, -0.05) is 17.7 Å². The van der Waals surface area contributed by atoms with Gasteiger partial charge < -0.3 is 5.11 Å². The summed E-state index contributed by atoms with van der Waals surface area (Å²) in [6.45, 7) is 2.46. The molecule has 0 radical (unpaired) electrons. The van der Waals surface area contributed by atoms with E-state index >= 15 is 0 Å². The molecule has 2 aromatic heterocycles. The largest absolute Gasteiger partial charge is 0.477 e. The van der Waals surface area contributed by atoms with Crippen LogP contribution in [0.5, 0.6) is 0 Å². The van der Waals surface area contributed by atoms with E-state index in [1.165, 1.54) is 10.9 Å². The Labute approximate surface area is 159 Å². The van der Waals surface area contributed by atoms with Crippen LogP contribution in [0.3, 0.4) is 0 Å². The minimum Gasteiger partial charge on any atom is -0.477 e. The van der Waals surface area contributed by atoms with Crippen molar-refractivity contribution in [1.29, 1.82) is 0 Å². The van der Waals surface area contributed by atoms with E-state index in [1.54, 1.807) is 11.3 Å². The number of thiophene rings is 2. The summed E-state index contributed by atoms with van der Waals surface area (Å²) in [5, 5.41) is 11.2. The molecule has 1 fully saturated rings. The van der Waals surface area contributed by atoms with Crippen LogP contribution in [0.1, 0.15) is 27.4 Å². The first-order valence-corrected chi connectivity index (χ1v) is 11.2. The monoisotopic (exact) mass is 420 g/mol. The van der Waals surface area contributed by atoms with Gasteiger partial charge in [-0.05, 0) is 30.4 Å². The normalized spacial score (nSPS) is 17.0. The first kappa shape index (κ1) is 18.8. The number of nitrogens with one attached hydrogen (secondary N) is 1. The average molecular weight is 421 g/mol. The lowest BCUT2D eigenvalue weighted by molar-refractivity contribution is 0.0698. The lowest BCUT2D eigenvalue weighted by atomic mass is 10.1. The molecular formula is C15H17ClN2O4S3. The first-order chi connectivity index (χ1) is 11.8. The van der Waals surface area contributed by atoms with Gasteiger partial charge in [0.05, 0.1) is 4.34 Å². The van der Waals surface area contributed by atoms with Crippen molar-refractivity contribution in [3.05, 3.63) is 37.7 Å². The van der Waals surface area contributed by atoms with E-state index in [9.17, 15) is 13.2 Å². The fourth-order valence-corrected chi connectivity index (χ4v) is 6.51. The second-order valence-electron chi connectivity index (χ2n) is 5.80. The summed E-state index contributed by atoms with van der Waals surface area (Å²) < 4.78 is 27.9. The van der Waals surface area contributed by atoms with E-state index in [0.717, 1.165) is 31.0 Å². The molecule has 0 bridgehead atoms. The van der Waals surface area contributed by atoms with E-state index in [0.29, 0.717) is 12.8 Å². The molecule has 0 atom stereocenters. The molecule has 1 saturated heterocycles. The standard InChI is InChI=1S/C15H17ClN2O4S3/c16-13-8-12(14(24-13)15(19)20)25(21,22)17-10-3-5-18(6-4-10)9-11-2-1-7-23-11/h1-2,7-8,10,17H,3-6,9H2,(H,19,20). The lowest BCUT2D eigenvalue weighted by Gasteiger charge is -2.31. The maximum Gasteiger partial charge on any atom is 0.347 e. The Morgan fingerprint density at radius 3 is 2.72 bits per heavy atom. The highest BCUT2D eigenvalue weighted by Crippen LogP contribution is 2.30. The van der Waals surface area contributed by atoms with Crippen molar-refractivity contribution >= 4 is 50.3 Å². The van der Waals surface area contributed by atoms with Gasteiger partial charge in [0.15, 0.2) is 0 Å². The molecule has 0 aliphatic carbocycles. The first-order valence-electron chi connectivity index (χ1n) is 7.65. The third-order valence-electron chi connectivity index (χ3n) is 4.02. The van der Waals surface area contributed by atoms with Crippen molar-refractivity contribution in [2.45, 2.75) is 30.3 Å². The zero-order chi connectivity index (χ0) is 18.0. The molecule has 0 saturated carbocycles. The van der Waals surface area contributed by atoms with Crippen molar-refractivity contribution in [2.75, 3.05) is 13.1 Å². The number of aromatic carboxylic acids is 1. The van der Waals surface area contributed by atoms with Gasteiger partial charge in [0, 0.05) is 30.6 Å². The summed E-state index contributed by atoms with van der Waals surface area (Å²) in [6, 6.07) is 5.11. The summed E-state index contributed by atoms with van der Waals surface area (Å²) in [4.78, 5) is 14.3. The molecule has 2 aromatic rings. The topological polar surface area (TPSA) is 86.7 Å². The minimum absolute atomic E-state index is 0.142. The molecule has 3 heterocycles. The van der Waals surface area contributed by atoms with Crippen LogP contribution in [0, 0.1) is 0 Å². The predicted molar refractivity (Wildman–Crippen MR) is 99.2 cm³/mol. The van der Waals surface area contributed by atoms with Crippen LogP contribution >= 0.6 is 34.3 Å². The zero-order valence-corrected chi connectivity index (χ0v) is 16.3. The zero-order valence-electron chi connectivity index (χ0n) is 13.1. The van der Waals surface area contributed by atoms with Crippen molar-refractivity contribution in [2.24, 2.45) is 0 Å². The molecule has 1 aliphatic heterocycles. The summed E-state index contributed by atoms with van der Waals surface area (Å²) in [5.74, 6) is -1.29. The van der Waals surface area contributed by atoms with E-state index < -0.39 is 16.0 Å². The number of nitrogens with zero attached hydrogens (tertiary/aromatic N) is 1. The van der Waals surface area contributed by atoms with E-state index in [4.69, 9.17) is 16.7 Å². The van der Waals surface area contributed by atoms with Gasteiger partial charge in [-0.2, -0.15) is 0 Å². The van der Waals surface area contributed by atoms with Crippen LogP contribution in [-0.2, 0) is 16.6 Å². The van der Waals surface area contributed by atoms with Crippen molar-refractivity contribution in [3.63, 3.8) is 0 Å². The number of carbonyl (C=O) groups is 1. The van der Waals surface area contributed by atoms with Crippen LogP contribution in [-0.4, -0.2) is 43.5 Å². The van der Waals surface area contributed by atoms with Gasteiger partial charge in [-0.25, -0.2) is 17.9 Å². The smallest absolute Gasteiger partial charge is 0.347 e. The third-order valence-corrected chi connectivity index (χ3v) is 7.81. The van der Waals surface area contributed by atoms with Gasteiger partial charge in [0.1, 0.15) is 9.77 Å². The SMILES string of the molecule is O=C(O)c1sc(Cl)cc1S(=O)(=O)NC1CCN(Cc2cccs2)CC1. The van der Waals surface area contributed by atoms with Crippen molar-refractivity contribution < 1.29 is 18.3 Å². The fourth-order valence-electron chi connectivity index (χ4n) is 2.81. The molecule has 0 spiro atoms. The quantitative estimate of drug-likeness (QED) is 0.749. The van der Waals surface area contributed by atoms with Gasteiger partial charge in [0.25, 0.3) is 0 Å². The Hall–Kier alpha value is -0.970. The predicted octanol–water partition coefficient (Wildman–Crippen LogP) is 3.10. The van der Waals surface area contributed by atoms with Gasteiger partial charge in [-0.15, -0.1) is 22.7 Å². The summed E-state index contributed by atoms with van der Waals surface area (Å²) >= 11 is 8.27. The van der Waals surface area contributed by atoms with E-state index in [2.05, 4.69) is 15.7 Å². The lowest BCUT2D eigenvalue weighted by Crippen LogP contribution is -2.44. The highest BCUT2D eigenvalue weighted by Gasteiger charge is 2.29. The number of sulfonamides is 1. The molecule has 0 aromatic carbocycles. The van der Waals surface area contributed by atoms with Crippen LogP contribution in [0.4, 0.5) is 0 Å². The maximum atomic E-state index is 12.5. The van der Waals surface area contributed by atoms with Crippen LogP contribution in [0.15, 0.2) is 28.5 Å². The summed E-state index contributed by atoms with van der Waals surface area (Å²) in [5.41, 5.74) is 0. The number of hydrogen-bond donors (Lipinski definition) is 2. The number of hydrogen-bond acceptors (Lipinski definition) is 6. The Balaban J connectivity index is 1.62. The van der Waals surface area contributed by atoms with E-state index in [-0.39, 0.29) is 20.2 Å². The maximum absolute atomic E-state index is 12.5. The Kier molecular flexibility index (Phi) is 5.81. The van der Waals surface area contributed by atoms with Gasteiger partial charge in [-0.3, -0.25) is 4.90 Å². The van der Waals surface area contributed by atoms with Gasteiger partial charge in [0.2, 0.25) is 10.0 Å². The van der Waals surface area contributed by atoms with Crippen LogP contribution < -0.4 is 4.72 Å². The summed E-state index contributed by atoms with van der Waals surface area (Å²) in [7, 11) is -3.90. The molecule has 1 aliphatic rings. The number of rotatable bonds is 6. The fraction of sp³-hybridized carbons (Fsp3) is 0.400. The minimum atomic E-state index is -3.90. The molecule has 3 rings (SSSR count). The van der Waals surface area contributed by atoms with E-state index in [1.807, 2.05) is 11.4 Å². The molecule has 0 unspecified atom stereocenters. The molecule has 10 heteroatoms. The molecule has 6 nitrogen and oxygen atoms in total. The third kappa shape index (κ3) is 4.60. The van der Waals surface area contributed by atoms with Crippen molar-refractivity contribution in [1.82, 2.24) is 9.62 Å². The Morgan fingerprint density at radius 1 is 1.40 bits per heavy atom. The second-order valence-corrected chi connectivity index (χ2v) is 10.2. The molecule has 136 valence electrons. The Morgan fingerprint density at radius 2 is 2.12 bits per heavy atom. The highest BCUT2D eigenvalue weighted by molar-refractivity contribution is 7.89.